The van der Waals surface area contributed by atoms with E-state index in [2.05, 4.69) is 5.10 Å². The van der Waals surface area contributed by atoms with Crippen LogP contribution in [0.15, 0.2) is 12.3 Å². The van der Waals surface area contributed by atoms with Crippen LogP contribution >= 0.6 is 0 Å². The number of alkyl halides is 2. The number of aryl methyl sites for hydroxylation is 1. The quantitative estimate of drug-likeness (QED) is 0.923. The molecule has 1 aromatic rings. The van der Waals surface area contributed by atoms with Gasteiger partial charge in [-0.1, -0.05) is 0 Å². The molecule has 122 valence electrons. The number of piperidine rings is 1. The second-order valence-electron chi connectivity index (χ2n) is 6.41. The zero-order valence-electron chi connectivity index (χ0n) is 12.6. The Hall–Kier alpha value is -1.50. The molecule has 1 aromatic heterocycles. The number of halogens is 2. The third-order valence-electron chi connectivity index (χ3n) is 5.09. The first kappa shape index (κ1) is 15.4. The van der Waals surface area contributed by atoms with Gasteiger partial charge < -0.3 is 10.0 Å². The van der Waals surface area contributed by atoms with Crippen molar-refractivity contribution in [2.75, 3.05) is 13.1 Å². The number of aromatic nitrogens is 2. The molecule has 0 unspecified atom stereocenters. The van der Waals surface area contributed by atoms with E-state index in [0.29, 0.717) is 32.4 Å². The Morgan fingerprint density at radius 3 is 2.50 bits per heavy atom. The number of hydrogen-bond donors (Lipinski definition) is 1. The standard InChI is InChI=1S/C15H21F2N3O2/c1-19-12(3-8-18-19)11-4-9-20(10-5-11)13(21)15(16,17)14(22)6-2-7-14/h3,8,11,22H,2,4-7,9-10H2,1H3. The average molecular weight is 313 g/mol. The van der Waals surface area contributed by atoms with E-state index in [-0.39, 0.29) is 18.8 Å². The molecule has 2 fully saturated rings. The van der Waals surface area contributed by atoms with E-state index in [9.17, 15) is 18.7 Å². The highest BCUT2D eigenvalue weighted by molar-refractivity contribution is 5.85. The van der Waals surface area contributed by atoms with Crippen molar-refractivity contribution in [1.82, 2.24) is 14.7 Å². The van der Waals surface area contributed by atoms with Gasteiger partial charge in [-0.05, 0) is 38.2 Å². The van der Waals surface area contributed by atoms with E-state index < -0.39 is 17.4 Å². The highest BCUT2D eigenvalue weighted by Gasteiger charge is 2.62. The van der Waals surface area contributed by atoms with Gasteiger partial charge in [0.2, 0.25) is 0 Å². The molecule has 2 aliphatic rings. The van der Waals surface area contributed by atoms with E-state index in [4.69, 9.17) is 0 Å². The van der Waals surface area contributed by atoms with Crippen LogP contribution in [0.2, 0.25) is 0 Å². The van der Waals surface area contributed by atoms with Gasteiger partial charge in [-0.2, -0.15) is 13.9 Å². The number of hydrogen-bond acceptors (Lipinski definition) is 3. The van der Waals surface area contributed by atoms with Gasteiger partial charge in [0.1, 0.15) is 5.60 Å². The van der Waals surface area contributed by atoms with Crippen molar-refractivity contribution in [2.45, 2.75) is 49.5 Å². The Morgan fingerprint density at radius 1 is 1.41 bits per heavy atom. The highest BCUT2D eigenvalue weighted by atomic mass is 19.3. The molecule has 2 heterocycles. The smallest absolute Gasteiger partial charge is 0.352 e. The minimum atomic E-state index is -3.68. The van der Waals surface area contributed by atoms with Crippen LogP contribution < -0.4 is 0 Å². The van der Waals surface area contributed by atoms with E-state index in [0.717, 1.165) is 5.69 Å². The summed E-state index contributed by atoms with van der Waals surface area (Å²) >= 11 is 0. The average Bonchev–Trinajstić information content (AvgIpc) is 2.90. The second-order valence-corrected chi connectivity index (χ2v) is 6.41. The summed E-state index contributed by atoms with van der Waals surface area (Å²) in [5, 5.41) is 14.0. The fourth-order valence-corrected chi connectivity index (χ4v) is 3.39. The summed E-state index contributed by atoms with van der Waals surface area (Å²) in [7, 11) is 1.85. The van der Waals surface area contributed by atoms with Crippen LogP contribution in [0, 0.1) is 0 Å². The molecule has 0 bridgehead atoms. The van der Waals surface area contributed by atoms with Crippen LogP contribution in [0.4, 0.5) is 8.78 Å². The van der Waals surface area contributed by atoms with Crippen molar-refractivity contribution in [1.29, 1.82) is 0 Å². The van der Waals surface area contributed by atoms with Gasteiger partial charge in [0.25, 0.3) is 5.91 Å². The lowest BCUT2D eigenvalue weighted by Crippen LogP contribution is -2.62. The van der Waals surface area contributed by atoms with Gasteiger partial charge in [0, 0.05) is 37.9 Å². The summed E-state index contributed by atoms with van der Waals surface area (Å²) in [6.07, 6.45) is 3.53. The maximum absolute atomic E-state index is 14.2. The summed E-state index contributed by atoms with van der Waals surface area (Å²) in [4.78, 5) is 13.3. The van der Waals surface area contributed by atoms with Crippen molar-refractivity contribution in [3.05, 3.63) is 18.0 Å². The lowest BCUT2D eigenvalue weighted by atomic mass is 9.74. The van der Waals surface area contributed by atoms with Crippen molar-refractivity contribution < 1.29 is 18.7 Å². The summed E-state index contributed by atoms with van der Waals surface area (Å²) in [6.45, 7) is 0.584. The molecular formula is C15H21F2N3O2. The molecule has 1 saturated carbocycles. The first-order valence-corrected chi connectivity index (χ1v) is 7.73. The molecule has 7 heteroatoms. The van der Waals surface area contributed by atoms with Gasteiger partial charge in [-0.25, -0.2) is 0 Å². The highest BCUT2D eigenvalue weighted by Crippen LogP contribution is 2.45. The Kier molecular flexibility index (Phi) is 3.71. The topological polar surface area (TPSA) is 58.4 Å². The molecular weight excluding hydrogens is 292 g/mol. The Labute approximate surface area is 127 Å². The van der Waals surface area contributed by atoms with Crippen LogP contribution in [-0.4, -0.2) is 50.3 Å². The third kappa shape index (κ3) is 2.31. The van der Waals surface area contributed by atoms with Gasteiger partial charge in [-0.3, -0.25) is 9.48 Å². The van der Waals surface area contributed by atoms with E-state index in [1.165, 1.54) is 4.90 Å². The Morgan fingerprint density at radius 2 is 2.05 bits per heavy atom. The molecule has 1 saturated heterocycles. The molecule has 0 atom stereocenters. The molecule has 0 spiro atoms. The van der Waals surface area contributed by atoms with Crippen molar-refractivity contribution in [3.8, 4) is 0 Å². The summed E-state index contributed by atoms with van der Waals surface area (Å²) in [5.41, 5.74) is -1.07. The van der Waals surface area contributed by atoms with Crippen molar-refractivity contribution >= 4 is 5.91 Å². The molecule has 5 nitrogen and oxygen atoms in total. The lowest BCUT2D eigenvalue weighted by Gasteiger charge is -2.44. The minimum absolute atomic E-state index is 0.00275. The number of aliphatic hydroxyl groups is 1. The summed E-state index contributed by atoms with van der Waals surface area (Å²) < 4.78 is 30.2. The Balaban J connectivity index is 1.64. The number of nitrogens with zero attached hydrogens (tertiary/aromatic N) is 3. The van der Waals surface area contributed by atoms with Gasteiger partial charge in [0.05, 0.1) is 0 Å². The second kappa shape index (κ2) is 5.30. The maximum atomic E-state index is 14.2. The molecule has 1 aliphatic heterocycles. The van der Waals surface area contributed by atoms with E-state index >= 15 is 0 Å². The predicted octanol–water partition coefficient (Wildman–Crippen LogP) is 1.68. The van der Waals surface area contributed by atoms with Gasteiger partial charge in [0.15, 0.2) is 0 Å². The van der Waals surface area contributed by atoms with Gasteiger partial charge in [-0.15, -0.1) is 0 Å². The fraction of sp³-hybridized carbons (Fsp3) is 0.733. The predicted molar refractivity (Wildman–Crippen MR) is 75.5 cm³/mol. The van der Waals surface area contributed by atoms with Crippen LogP contribution in [0.1, 0.15) is 43.7 Å². The molecule has 22 heavy (non-hydrogen) atoms. The summed E-state index contributed by atoms with van der Waals surface area (Å²) in [6, 6.07) is 1.92. The fourth-order valence-electron chi connectivity index (χ4n) is 3.39. The van der Waals surface area contributed by atoms with Crippen LogP contribution in [0.3, 0.4) is 0 Å². The molecule has 0 aromatic carbocycles. The largest absolute Gasteiger partial charge is 0.383 e. The number of carbonyl (C=O) groups excluding carboxylic acids is 1. The van der Waals surface area contributed by atoms with Crippen LogP contribution in [0.25, 0.3) is 0 Å². The van der Waals surface area contributed by atoms with Crippen molar-refractivity contribution in [2.24, 2.45) is 7.05 Å². The number of carbonyl (C=O) groups is 1. The first-order chi connectivity index (χ1) is 10.3. The SMILES string of the molecule is Cn1nccc1C1CCN(C(=O)C(F)(F)C2(O)CCC2)CC1. The first-order valence-electron chi connectivity index (χ1n) is 7.73. The monoisotopic (exact) mass is 313 g/mol. The van der Waals surface area contributed by atoms with E-state index in [1.54, 1.807) is 10.9 Å². The molecule has 1 N–H and O–H groups in total. The Bertz CT molecular complexity index is 561. The number of rotatable bonds is 3. The van der Waals surface area contributed by atoms with Crippen LogP contribution in [-0.2, 0) is 11.8 Å². The normalized spacial score (nSPS) is 22.5. The molecule has 1 aliphatic carbocycles. The zero-order valence-corrected chi connectivity index (χ0v) is 12.6. The van der Waals surface area contributed by atoms with E-state index in [1.807, 2.05) is 13.1 Å². The molecule has 3 rings (SSSR count). The lowest BCUT2D eigenvalue weighted by molar-refractivity contribution is -0.224. The number of amides is 1. The maximum Gasteiger partial charge on any atom is 0.352 e. The van der Waals surface area contributed by atoms with Crippen molar-refractivity contribution in [3.63, 3.8) is 0 Å². The number of likely N-dealkylation sites (tertiary alicyclic amines) is 1. The zero-order chi connectivity index (χ0) is 16.0. The summed E-state index contributed by atoms with van der Waals surface area (Å²) in [5.74, 6) is -4.67. The van der Waals surface area contributed by atoms with Crippen LogP contribution in [0.5, 0.6) is 0 Å². The molecule has 0 radical (unpaired) electrons. The third-order valence-corrected chi connectivity index (χ3v) is 5.09. The van der Waals surface area contributed by atoms with Gasteiger partial charge >= 0.3 is 5.92 Å². The molecule has 1 amide bonds. The minimum Gasteiger partial charge on any atom is -0.383 e.